The molecular weight excluding hydrogens is 476 g/mol. The first-order valence-corrected chi connectivity index (χ1v) is 10.5. The third kappa shape index (κ3) is 4.60. The fourth-order valence-electron chi connectivity index (χ4n) is 2.77. The van der Waals surface area contributed by atoms with Gasteiger partial charge in [0.2, 0.25) is 12.7 Å². The quantitative estimate of drug-likeness (QED) is 0.617. The molecule has 8 nitrogen and oxygen atoms in total. The van der Waals surface area contributed by atoms with Gasteiger partial charge in [0, 0.05) is 19.2 Å². The monoisotopic (exact) mass is 490 g/mol. The van der Waals surface area contributed by atoms with E-state index in [1.165, 1.54) is 12.2 Å². The summed E-state index contributed by atoms with van der Waals surface area (Å²) in [5.74, 6) is 1.01. The summed E-state index contributed by atoms with van der Waals surface area (Å²) in [6.07, 6.45) is 4.47. The normalized spacial score (nSPS) is 16.8. The second kappa shape index (κ2) is 8.80. The molecule has 0 bridgehead atoms. The number of thioether (sulfide) groups is 1. The van der Waals surface area contributed by atoms with Crippen molar-refractivity contribution in [1.82, 2.24) is 10.2 Å². The van der Waals surface area contributed by atoms with Crippen LogP contribution >= 0.6 is 27.7 Å². The molecule has 1 fully saturated rings. The summed E-state index contributed by atoms with van der Waals surface area (Å²) in [4.78, 5) is 38.1. The Balaban J connectivity index is 1.32. The number of ether oxygens (including phenoxy) is 2. The molecule has 30 heavy (non-hydrogen) atoms. The Labute approximate surface area is 184 Å². The minimum atomic E-state index is -0.395. The summed E-state index contributed by atoms with van der Waals surface area (Å²) in [5.41, 5.74) is 0.729. The number of carbonyl (C=O) groups is 3. The zero-order valence-corrected chi connectivity index (χ0v) is 17.8. The largest absolute Gasteiger partial charge is 0.454 e. The molecule has 10 heteroatoms. The number of nitrogens with zero attached hydrogens (tertiary/aromatic N) is 1. The smallest absolute Gasteiger partial charge is 0.293 e. The van der Waals surface area contributed by atoms with E-state index in [-0.39, 0.29) is 31.0 Å². The van der Waals surface area contributed by atoms with Crippen LogP contribution in [0, 0.1) is 0 Å². The lowest BCUT2D eigenvalue weighted by molar-refractivity contribution is -0.123. The molecule has 1 N–H and O–H groups in total. The Morgan fingerprint density at radius 2 is 2.03 bits per heavy atom. The van der Waals surface area contributed by atoms with E-state index in [0.29, 0.717) is 26.8 Å². The van der Waals surface area contributed by atoms with Crippen molar-refractivity contribution < 1.29 is 28.3 Å². The van der Waals surface area contributed by atoms with E-state index in [1.807, 2.05) is 0 Å². The van der Waals surface area contributed by atoms with Gasteiger partial charge in [0.1, 0.15) is 5.76 Å². The van der Waals surface area contributed by atoms with Crippen molar-refractivity contribution >= 4 is 56.9 Å². The minimum Gasteiger partial charge on any atom is -0.454 e. The van der Waals surface area contributed by atoms with Crippen LogP contribution in [0.15, 0.2) is 50.4 Å². The predicted octanol–water partition coefficient (Wildman–Crippen LogP) is 3.64. The van der Waals surface area contributed by atoms with Crippen molar-refractivity contribution in [1.29, 1.82) is 0 Å². The number of furan rings is 1. The number of imide groups is 1. The third-order valence-electron chi connectivity index (χ3n) is 4.20. The van der Waals surface area contributed by atoms with Crippen molar-refractivity contribution in [3.63, 3.8) is 0 Å². The maximum atomic E-state index is 12.6. The highest BCUT2D eigenvalue weighted by Crippen LogP contribution is 2.36. The molecular formula is C20H15BrN2O6S. The topological polar surface area (TPSA) is 98.1 Å². The summed E-state index contributed by atoms with van der Waals surface area (Å²) in [6, 6.07) is 8.71. The van der Waals surface area contributed by atoms with Crippen LogP contribution in [0.5, 0.6) is 11.5 Å². The predicted molar refractivity (Wildman–Crippen MR) is 114 cm³/mol. The Morgan fingerprint density at radius 1 is 1.20 bits per heavy atom. The highest BCUT2D eigenvalue weighted by atomic mass is 79.9. The highest BCUT2D eigenvalue weighted by Gasteiger charge is 2.34. The molecule has 0 radical (unpaired) electrons. The van der Waals surface area contributed by atoms with Gasteiger partial charge in [-0.3, -0.25) is 19.3 Å². The Bertz CT molecular complexity index is 1080. The molecule has 1 aromatic carbocycles. The first kappa shape index (κ1) is 20.3. The van der Waals surface area contributed by atoms with E-state index >= 15 is 0 Å². The van der Waals surface area contributed by atoms with Crippen LogP contribution in [-0.2, 0) is 9.59 Å². The minimum absolute atomic E-state index is 0.0784. The lowest BCUT2D eigenvalue weighted by Gasteiger charge is -2.12. The molecule has 2 aromatic rings. The number of fused-ring (bicyclic) bond motifs is 1. The number of hydrogen-bond donors (Lipinski definition) is 1. The van der Waals surface area contributed by atoms with E-state index in [9.17, 15) is 14.4 Å². The van der Waals surface area contributed by atoms with Gasteiger partial charge in [0.25, 0.3) is 11.1 Å². The molecule has 0 spiro atoms. The second-order valence-electron chi connectivity index (χ2n) is 6.21. The second-order valence-corrected chi connectivity index (χ2v) is 7.99. The van der Waals surface area contributed by atoms with Crippen molar-refractivity contribution in [2.24, 2.45) is 0 Å². The number of hydrogen-bond acceptors (Lipinski definition) is 7. The van der Waals surface area contributed by atoms with Gasteiger partial charge in [-0.05, 0) is 69.7 Å². The van der Waals surface area contributed by atoms with Crippen LogP contribution in [0.25, 0.3) is 12.2 Å². The molecule has 3 amide bonds. The zero-order valence-electron chi connectivity index (χ0n) is 15.4. The van der Waals surface area contributed by atoms with Crippen LogP contribution in [0.1, 0.15) is 11.3 Å². The molecule has 0 unspecified atom stereocenters. The molecule has 2 aliphatic rings. The van der Waals surface area contributed by atoms with E-state index in [2.05, 4.69) is 21.2 Å². The summed E-state index contributed by atoms with van der Waals surface area (Å²) >= 11 is 4.04. The molecule has 1 aromatic heterocycles. The lowest BCUT2D eigenvalue weighted by atomic mass is 10.2. The van der Waals surface area contributed by atoms with Crippen LogP contribution in [-0.4, -0.2) is 41.8 Å². The average Bonchev–Trinajstić information content (AvgIpc) is 3.42. The summed E-state index contributed by atoms with van der Waals surface area (Å²) in [7, 11) is 0. The van der Waals surface area contributed by atoms with Crippen LogP contribution in [0.4, 0.5) is 4.79 Å². The first-order chi connectivity index (χ1) is 14.5. The fraction of sp³-hybridized carbons (Fsp3) is 0.150. The van der Waals surface area contributed by atoms with Gasteiger partial charge < -0.3 is 19.2 Å². The number of rotatable bonds is 6. The summed E-state index contributed by atoms with van der Waals surface area (Å²) < 4.78 is 16.4. The van der Waals surface area contributed by atoms with E-state index in [4.69, 9.17) is 13.9 Å². The van der Waals surface area contributed by atoms with Gasteiger partial charge in [0.05, 0.1) is 4.91 Å². The summed E-state index contributed by atoms with van der Waals surface area (Å²) in [6.45, 7) is 0.380. The van der Waals surface area contributed by atoms with E-state index in [0.717, 1.165) is 22.2 Å². The van der Waals surface area contributed by atoms with Crippen molar-refractivity contribution in [2.75, 3.05) is 19.9 Å². The van der Waals surface area contributed by atoms with Gasteiger partial charge in [-0.1, -0.05) is 6.07 Å². The molecule has 0 atom stereocenters. The maximum absolute atomic E-state index is 12.6. The number of nitrogens with one attached hydrogen (secondary N) is 1. The number of halogens is 1. The Hall–Kier alpha value is -2.98. The van der Waals surface area contributed by atoms with E-state index in [1.54, 1.807) is 36.4 Å². The van der Waals surface area contributed by atoms with Crippen molar-refractivity contribution in [2.45, 2.75) is 0 Å². The summed E-state index contributed by atoms with van der Waals surface area (Å²) in [5, 5.41) is 2.26. The third-order valence-corrected chi connectivity index (χ3v) is 5.53. The SMILES string of the molecule is O=C(C=Cc1ccc(Br)o1)NCCN1C(=O)SC(=Cc2ccc3c(c2)OCO3)C1=O. The number of amides is 3. The van der Waals surface area contributed by atoms with Gasteiger partial charge in [-0.2, -0.15) is 0 Å². The molecule has 0 saturated carbocycles. The molecule has 3 heterocycles. The Kier molecular flexibility index (Phi) is 5.96. The molecule has 4 rings (SSSR count). The highest BCUT2D eigenvalue weighted by molar-refractivity contribution is 9.10. The van der Waals surface area contributed by atoms with Crippen molar-refractivity contribution in [3.05, 3.63) is 57.3 Å². The number of benzene rings is 1. The molecule has 0 aliphatic carbocycles. The van der Waals surface area contributed by atoms with Gasteiger partial charge in [-0.15, -0.1) is 0 Å². The lowest BCUT2D eigenvalue weighted by Crippen LogP contribution is -2.36. The van der Waals surface area contributed by atoms with Crippen LogP contribution in [0.2, 0.25) is 0 Å². The van der Waals surface area contributed by atoms with Crippen molar-refractivity contribution in [3.8, 4) is 11.5 Å². The molecule has 154 valence electrons. The molecule has 2 aliphatic heterocycles. The van der Waals surface area contributed by atoms with Gasteiger partial charge in [-0.25, -0.2) is 0 Å². The molecule has 1 saturated heterocycles. The first-order valence-electron chi connectivity index (χ1n) is 8.86. The standard InChI is InChI=1S/C20H15BrN2O6S/c21-17-5-2-13(29-17)3-6-18(24)22-7-8-23-19(25)16(30-20(23)26)10-12-1-4-14-15(9-12)28-11-27-14/h1-6,9-10H,7-8,11H2,(H,22,24). The van der Waals surface area contributed by atoms with Crippen LogP contribution < -0.4 is 14.8 Å². The van der Waals surface area contributed by atoms with E-state index < -0.39 is 5.91 Å². The average molecular weight is 491 g/mol. The van der Waals surface area contributed by atoms with Gasteiger partial charge in [0.15, 0.2) is 16.2 Å². The Morgan fingerprint density at radius 3 is 2.83 bits per heavy atom. The fourth-order valence-corrected chi connectivity index (χ4v) is 3.96. The van der Waals surface area contributed by atoms with Gasteiger partial charge >= 0.3 is 0 Å². The number of carbonyl (C=O) groups excluding carboxylic acids is 3. The zero-order chi connectivity index (χ0) is 21.1. The maximum Gasteiger partial charge on any atom is 0.293 e. The van der Waals surface area contributed by atoms with Crippen LogP contribution in [0.3, 0.4) is 0 Å².